The maximum atomic E-state index is 6.01. The topological polar surface area (TPSA) is 26.2 Å². The molecule has 6 aromatic rings. The maximum Gasteiger partial charge on any atom is 0.293 e. The van der Waals surface area contributed by atoms with Crippen LogP contribution in [0, 0.1) is 13.8 Å². The van der Waals surface area contributed by atoms with Gasteiger partial charge in [0.05, 0.1) is 11.1 Å². The van der Waals surface area contributed by atoms with Gasteiger partial charge in [-0.05, 0) is 48.2 Å². The Labute approximate surface area is 222 Å². The Hall–Kier alpha value is -4.70. The van der Waals surface area contributed by atoms with Gasteiger partial charge in [0.2, 0.25) is 16.9 Å². The molecule has 8 rings (SSSR count). The van der Waals surface area contributed by atoms with E-state index in [-0.39, 0.29) is 0 Å². The molecule has 2 aliphatic rings. The van der Waals surface area contributed by atoms with Crippen LogP contribution in [0.1, 0.15) is 11.3 Å². The molecule has 4 nitrogen and oxygen atoms in total. The van der Waals surface area contributed by atoms with E-state index in [1.807, 2.05) is 0 Å². The van der Waals surface area contributed by atoms with Gasteiger partial charge in [0.1, 0.15) is 11.5 Å². The number of para-hydroxylation sites is 2. The number of aromatic nitrogens is 2. The number of hydrogen-bond donors (Lipinski definition) is 0. The summed E-state index contributed by atoms with van der Waals surface area (Å²) in [6.45, 7) is 5.37. The van der Waals surface area contributed by atoms with Crippen molar-refractivity contribution >= 4 is 21.7 Å². The Kier molecular flexibility index (Phi) is 5.33. The lowest BCUT2D eigenvalue weighted by Crippen LogP contribution is -2.44. The van der Waals surface area contributed by atoms with Gasteiger partial charge in [0.15, 0.2) is 5.69 Å². The zero-order valence-corrected chi connectivity index (χ0v) is 21.5. The minimum Gasteiger partial charge on any atom is -0.435 e. The number of fused-ring (bicyclic) bond motifs is 10. The number of pyridine rings is 2. The predicted octanol–water partition coefficient (Wildman–Crippen LogP) is 6.91. The second kappa shape index (κ2) is 9.00. The first kappa shape index (κ1) is 22.5. The lowest BCUT2D eigenvalue weighted by atomic mass is 10.0. The van der Waals surface area contributed by atoms with Crippen molar-refractivity contribution in [1.29, 1.82) is 0 Å². The minimum absolute atomic E-state index is 0.578. The number of hydrogen-bond acceptors (Lipinski definition) is 2. The van der Waals surface area contributed by atoms with Crippen LogP contribution in [0.25, 0.3) is 44.2 Å². The minimum atomic E-state index is 0.578. The Morgan fingerprint density at radius 2 is 1.21 bits per heavy atom. The van der Waals surface area contributed by atoms with Crippen molar-refractivity contribution in [2.75, 3.05) is 0 Å². The molecule has 0 N–H and O–H groups in total. The molecule has 0 unspecified atom stereocenters. The van der Waals surface area contributed by atoms with Crippen molar-refractivity contribution in [2.45, 2.75) is 27.3 Å². The van der Waals surface area contributed by atoms with E-state index in [4.69, 9.17) is 9.47 Å². The summed E-state index contributed by atoms with van der Waals surface area (Å²) in [4.78, 5) is 0. The molecular weight excluding hydrogens is 468 g/mol. The molecule has 4 aromatic carbocycles. The molecule has 0 atom stereocenters. The fourth-order valence-electron chi connectivity index (χ4n) is 5.60. The second-order valence-electron chi connectivity index (χ2n) is 9.85. The van der Waals surface area contributed by atoms with Gasteiger partial charge in [-0.1, -0.05) is 54.6 Å². The summed E-state index contributed by atoms with van der Waals surface area (Å²) in [5.41, 5.74) is 8.43. The maximum absolute atomic E-state index is 6.01. The third kappa shape index (κ3) is 3.60. The van der Waals surface area contributed by atoms with Gasteiger partial charge in [0, 0.05) is 42.0 Å². The molecule has 2 aromatic heterocycles. The van der Waals surface area contributed by atoms with Crippen molar-refractivity contribution in [3.05, 3.63) is 120 Å². The van der Waals surface area contributed by atoms with Crippen LogP contribution in [0.5, 0.6) is 11.5 Å². The van der Waals surface area contributed by atoms with Crippen LogP contribution in [0.15, 0.2) is 109 Å². The summed E-state index contributed by atoms with van der Waals surface area (Å²) in [6, 6.07) is 38.1. The van der Waals surface area contributed by atoms with Gasteiger partial charge in [-0.25, -0.2) is 0 Å². The molecule has 4 heterocycles. The fourth-order valence-corrected chi connectivity index (χ4v) is 5.60. The van der Waals surface area contributed by atoms with Crippen LogP contribution in [0.4, 0.5) is 0 Å². The van der Waals surface area contributed by atoms with E-state index in [0.717, 1.165) is 11.5 Å². The molecule has 0 aliphatic carbocycles. The second-order valence-corrected chi connectivity index (χ2v) is 9.85. The van der Waals surface area contributed by atoms with Crippen LogP contribution < -0.4 is 18.6 Å². The van der Waals surface area contributed by atoms with Crippen LogP contribution in [0.3, 0.4) is 0 Å². The van der Waals surface area contributed by atoms with Crippen molar-refractivity contribution < 1.29 is 18.6 Å². The first-order valence-electron chi connectivity index (χ1n) is 13.0. The summed E-state index contributed by atoms with van der Waals surface area (Å²) in [7, 11) is 0. The zero-order valence-electron chi connectivity index (χ0n) is 21.5. The van der Waals surface area contributed by atoms with Crippen molar-refractivity contribution in [3.8, 4) is 34.0 Å². The highest BCUT2D eigenvalue weighted by Crippen LogP contribution is 2.38. The van der Waals surface area contributed by atoms with Crippen LogP contribution in [-0.4, -0.2) is 0 Å². The van der Waals surface area contributed by atoms with Crippen LogP contribution in [-0.2, 0) is 13.5 Å². The van der Waals surface area contributed by atoms with E-state index in [0.29, 0.717) is 13.5 Å². The van der Waals surface area contributed by atoms with Gasteiger partial charge < -0.3 is 9.47 Å². The SMILES string of the molecule is Cc1cccc2[n+]1COc1c-2ccc2ccccc12.Cc1cccc2c1OC[n+]1c-2ccc2ccccc21. The van der Waals surface area contributed by atoms with Gasteiger partial charge in [-0.2, -0.15) is 9.13 Å². The molecule has 0 radical (unpaired) electrons. The average Bonchev–Trinajstić information content (AvgIpc) is 2.97. The Balaban J connectivity index is 0.000000127. The average molecular weight is 497 g/mol. The first-order chi connectivity index (χ1) is 18.7. The Morgan fingerprint density at radius 1 is 0.526 bits per heavy atom. The van der Waals surface area contributed by atoms with Gasteiger partial charge >= 0.3 is 0 Å². The molecule has 0 bridgehead atoms. The molecular formula is C34H28N2O2+2. The van der Waals surface area contributed by atoms with E-state index in [2.05, 4.69) is 132 Å². The van der Waals surface area contributed by atoms with E-state index in [1.54, 1.807) is 0 Å². The van der Waals surface area contributed by atoms with Crippen molar-refractivity contribution in [1.82, 2.24) is 0 Å². The number of ether oxygens (including phenoxy) is 2. The number of rotatable bonds is 0. The molecule has 184 valence electrons. The number of aryl methyl sites for hydroxylation is 2. The van der Waals surface area contributed by atoms with E-state index >= 15 is 0 Å². The summed E-state index contributed by atoms with van der Waals surface area (Å²) in [5, 5.41) is 3.65. The third-order valence-corrected chi connectivity index (χ3v) is 7.57. The summed E-state index contributed by atoms with van der Waals surface area (Å²) >= 11 is 0. The zero-order chi connectivity index (χ0) is 25.6. The van der Waals surface area contributed by atoms with E-state index in [9.17, 15) is 0 Å². The highest BCUT2D eigenvalue weighted by atomic mass is 16.5. The molecule has 38 heavy (non-hydrogen) atoms. The van der Waals surface area contributed by atoms with Crippen molar-refractivity contribution in [2.24, 2.45) is 0 Å². The molecule has 0 saturated heterocycles. The smallest absolute Gasteiger partial charge is 0.293 e. The fraction of sp³-hybridized carbons (Fsp3) is 0.118. The molecule has 0 spiro atoms. The molecule has 0 fully saturated rings. The lowest BCUT2D eigenvalue weighted by molar-refractivity contribution is -0.722. The van der Waals surface area contributed by atoms with E-state index in [1.165, 1.54) is 55.4 Å². The highest BCUT2D eigenvalue weighted by Gasteiger charge is 2.27. The Bertz CT molecular complexity index is 1720. The normalized spacial score (nSPS) is 12.7. The lowest BCUT2D eigenvalue weighted by Gasteiger charge is -2.18. The summed E-state index contributed by atoms with van der Waals surface area (Å²) in [6.07, 6.45) is 0. The van der Waals surface area contributed by atoms with Gasteiger partial charge in [-0.3, -0.25) is 0 Å². The Morgan fingerprint density at radius 3 is 2.13 bits per heavy atom. The molecule has 2 aliphatic heterocycles. The summed E-state index contributed by atoms with van der Waals surface area (Å²) < 4.78 is 16.4. The molecule has 4 heteroatoms. The van der Waals surface area contributed by atoms with Crippen LogP contribution >= 0.6 is 0 Å². The first-order valence-corrected chi connectivity index (χ1v) is 13.0. The van der Waals surface area contributed by atoms with Crippen molar-refractivity contribution in [3.63, 3.8) is 0 Å². The monoisotopic (exact) mass is 496 g/mol. The molecule has 0 amide bonds. The summed E-state index contributed by atoms with van der Waals surface area (Å²) in [5.74, 6) is 2.02. The van der Waals surface area contributed by atoms with Gasteiger partial charge in [-0.15, -0.1) is 0 Å². The predicted molar refractivity (Wildman–Crippen MR) is 150 cm³/mol. The number of benzene rings is 4. The van der Waals surface area contributed by atoms with E-state index < -0.39 is 0 Å². The molecule has 0 saturated carbocycles. The quantitative estimate of drug-likeness (QED) is 0.214. The standard InChI is InChI=1S/2C17H14NO/c1-12-5-4-7-14-16-10-9-13-6-2-3-8-15(13)18(16)11-19-17(12)14;1-12-5-4-8-16-15-10-9-13-6-2-3-7-14(13)17(15)19-11-18(12)16/h2*2-10H,11H2,1H3/q2*+1. The van der Waals surface area contributed by atoms with Gasteiger partial charge in [0.25, 0.3) is 13.5 Å². The highest BCUT2D eigenvalue weighted by molar-refractivity contribution is 5.94. The largest absolute Gasteiger partial charge is 0.435 e. The third-order valence-electron chi connectivity index (χ3n) is 7.57. The van der Waals surface area contributed by atoms with Crippen LogP contribution in [0.2, 0.25) is 0 Å². The number of nitrogens with zero attached hydrogens (tertiary/aromatic N) is 2.